The summed E-state index contributed by atoms with van der Waals surface area (Å²) in [5.41, 5.74) is 0.854. The maximum Gasteiger partial charge on any atom is 0.305 e. The van der Waals surface area contributed by atoms with E-state index >= 15 is 0 Å². The highest BCUT2D eigenvalue weighted by molar-refractivity contribution is 5.83. The van der Waals surface area contributed by atoms with Crippen LogP contribution in [0.2, 0.25) is 0 Å². The van der Waals surface area contributed by atoms with Crippen molar-refractivity contribution < 1.29 is 19.4 Å². The van der Waals surface area contributed by atoms with Crippen LogP contribution in [0, 0.1) is 5.92 Å². The molecule has 1 heterocycles. The number of benzene rings is 1. The molecule has 0 saturated carbocycles. The van der Waals surface area contributed by atoms with E-state index in [4.69, 9.17) is 9.84 Å². The fourth-order valence-corrected chi connectivity index (χ4v) is 2.18. The second-order valence-electron chi connectivity index (χ2n) is 5.44. The quantitative estimate of drug-likeness (QED) is 0.765. The Bertz CT molecular complexity index is 530. The molecule has 1 aromatic carbocycles. The molecule has 1 aliphatic heterocycles. The number of aliphatic carboxylic acids is 1. The van der Waals surface area contributed by atoms with E-state index in [1.165, 1.54) is 0 Å². The number of carboxylic acid groups (broad SMARTS) is 1. The van der Waals surface area contributed by atoms with Crippen molar-refractivity contribution in [1.82, 2.24) is 5.32 Å². The Morgan fingerprint density at radius 3 is 2.81 bits per heavy atom. The van der Waals surface area contributed by atoms with Gasteiger partial charge in [-0.15, -0.1) is 0 Å². The van der Waals surface area contributed by atoms with E-state index < -0.39 is 18.1 Å². The molecule has 0 spiro atoms. The molecular formula is C15H20N2O4. The Morgan fingerprint density at radius 2 is 2.14 bits per heavy atom. The first-order valence-electron chi connectivity index (χ1n) is 6.99. The highest BCUT2D eigenvalue weighted by Crippen LogP contribution is 2.28. The Kier molecular flexibility index (Phi) is 4.67. The molecule has 3 N–H and O–H groups in total. The lowest BCUT2D eigenvalue weighted by atomic mass is 10.0. The molecule has 2 rings (SSSR count). The lowest BCUT2D eigenvalue weighted by Gasteiger charge is -2.29. The van der Waals surface area contributed by atoms with Crippen molar-refractivity contribution in [3.05, 3.63) is 24.3 Å². The Balaban J connectivity index is 1.99. The topological polar surface area (TPSA) is 87.7 Å². The number of rotatable bonds is 5. The molecule has 0 fully saturated rings. The van der Waals surface area contributed by atoms with Gasteiger partial charge in [-0.05, 0) is 18.1 Å². The maximum absolute atomic E-state index is 12.2. The molecule has 1 amide bonds. The first-order chi connectivity index (χ1) is 9.97. The lowest BCUT2D eigenvalue weighted by molar-refractivity contribution is -0.138. The number of carboxylic acids is 1. The van der Waals surface area contributed by atoms with Crippen LogP contribution in [-0.4, -0.2) is 35.7 Å². The number of carbonyl (C=O) groups is 2. The van der Waals surface area contributed by atoms with Gasteiger partial charge in [0.2, 0.25) is 0 Å². The summed E-state index contributed by atoms with van der Waals surface area (Å²) in [5.74, 6) is -0.559. The van der Waals surface area contributed by atoms with Crippen LogP contribution in [0.4, 0.5) is 5.69 Å². The molecule has 2 atom stereocenters. The normalized spacial score (nSPS) is 18.1. The number of hydrogen-bond acceptors (Lipinski definition) is 4. The summed E-state index contributed by atoms with van der Waals surface area (Å²) >= 11 is 0. The highest BCUT2D eigenvalue weighted by atomic mass is 16.5. The zero-order valence-electron chi connectivity index (χ0n) is 12.1. The fourth-order valence-electron chi connectivity index (χ4n) is 2.18. The van der Waals surface area contributed by atoms with E-state index in [9.17, 15) is 9.59 Å². The fraction of sp³-hybridized carbons (Fsp3) is 0.467. The van der Waals surface area contributed by atoms with Crippen LogP contribution < -0.4 is 15.4 Å². The largest absolute Gasteiger partial charge is 0.481 e. The molecule has 0 bridgehead atoms. The number of fused-ring (bicyclic) bond motifs is 1. The molecule has 0 saturated heterocycles. The Hall–Kier alpha value is -2.24. The predicted octanol–water partition coefficient (Wildman–Crippen LogP) is 1.47. The first kappa shape index (κ1) is 15.2. The van der Waals surface area contributed by atoms with Crippen molar-refractivity contribution in [2.24, 2.45) is 5.92 Å². The van der Waals surface area contributed by atoms with Crippen molar-refractivity contribution >= 4 is 17.6 Å². The minimum absolute atomic E-state index is 0.0360. The van der Waals surface area contributed by atoms with Gasteiger partial charge < -0.3 is 20.5 Å². The molecule has 1 aromatic rings. The number of hydrogen-bond donors (Lipinski definition) is 3. The van der Waals surface area contributed by atoms with Gasteiger partial charge in [-0.25, -0.2) is 0 Å². The average Bonchev–Trinajstić information content (AvgIpc) is 2.45. The molecule has 21 heavy (non-hydrogen) atoms. The molecule has 6 heteroatoms. The van der Waals surface area contributed by atoms with Gasteiger partial charge in [-0.1, -0.05) is 26.0 Å². The molecule has 6 nitrogen and oxygen atoms in total. The number of ether oxygens (including phenoxy) is 1. The zero-order chi connectivity index (χ0) is 15.4. The summed E-state index contributed by atoms with van der Waals surface area (Å²) in [5, 5.41) is 14.8. The molecular weight excluding hydrogens is 272 g/mol. The highest BCUT2D eigenvalue weighted by Gasteiger charge is 2.28. The van der Waals surface area contributed by atoms with Crippen LogP contribution in [0.15, 0.2) is 24.3 Å². The van der Waals surface area contributed by atoms with Gasteiger partial charge in [0.15, 0.2) is 6.10 Å². The first-order valence-corrected chi connectivity index (χ1v) is 6.99. The monoisotopic (exact) mass is 292 g/mol. The number of nitrogens with one attached hydrogen (secondary N) is 2. The number of carbonyl (C=O) groups excluding carboxylic acids is 1. The van der Waals surface area contributed by atoms with E-state index in [0.717, 1.165) is 5.69 Å². The summed E-state index contributed by atoms with van der Waals surface area (Å²) < 4.78 is 5.66. The van der Waals surface area contributed by atoms with E-state index in [1.54, 1.807) is 6.07 Å². The minimum Gasteiger partial charge on any atom is -0.481 e. The smallest absolute Gasteiger partial charge is 0.305 e. The Labute approximate surface area is 123 Å². The number of amides is 1. The lowest BCUT2D eigenvalue weighted by Crippen LogP contribution is -2.50. The van der Waals surface area contributed by atoms with Gasteiger partial charge in [0.05, 0.1) is 18.7 Å². The second kappa shape index (κ2) is 6.47. The summed E-state index contributed by atoms with van der Waals surface area (Å²) in [6.45, 7) is 4.12. The van der Waals surface area contributed by atoms with Crippen molar-refractivity contribution in [1.29, 1.82) is 0 Å². The molecule has 0 aliphatic carbocycles. The standard InChI is InChI=1S/C15H20N2O4/c1-9(2)11(7-14(18)19)17-15(20)13-8-16-10-5-3-4-6-12(10)21-13/h3-6,9,11,13,16H,7-8H2,1-2H3,(H,17,20)(H,18,19). The zero-order valence-corrected chi connectivity index (χ0v) is 12.1. The predicted molar refractivity (Wildman–Crippen MR) is 78.4 cm³/mol. The van der Waals surface area contributed by atoms with Crippen LogP contribution in [0.5, 0.6) is 5.75 Å². The summed E-state index contributed by atoms with van der Waals surface area (Å²) in [6.07, 6.45) is -0.755. The van der Waals surface area contributed by atoms with Gasteiger partial charge in [-0.3, -0.25) is 9.59 Å². The molecule has 114 valence electrons. The third kappa shape index (κ3) is 3.87. The van der Waals surface area contributed by atoms with Crippen molar-refractivity contribution in [3.63, 3.8) is 0 Å². The van der Waals surface area contributed by atoms with Gasteiger partial charge in [0, 0.05) is 6.04 Å². The van der Waals surface area contributed by atoms with E-state index in [1.807, 2.05) is 32.0 Å². The van der Waals surface area contributed by atoms with Gasteiger partial charge in [0.25, 0.3) is 5.91 Å². The van der Waals surface area contributed by atoms with Crippen molar-refractivity contribution in [3.8, 4) is 5.75 Å². The minimum atomic E-state index is -0.929. The number of anilines is 1. The second-order valence-corrected chi connectivity index (χ2v) is 5.44. The third-order valence-electron chi connectivity index (χ3n) is 3.45. The van der Waals surface area contributed by atoms with Crippen molar-refractivity contribution in [2.45, 2.75) is 32.4 Å². The Morgan fingerprint density at radius 1 is 1.43 bits per heavy atom. The summed E-state index contributed by atoms with van der Waals surface area (Å²) in [4.78, 5) is 23.1. The van der Waals surface area contributed by atoms with Crippen LogP contribution in [-0.2, 0) is 9.59 Å². The van der Waals surface area contributed by atoms with Crippen LogP contribution in [0.3, 0.4) is 0 Å². The van der Waals surface area contributed by atoms with Gasteiger partial charge in [-0.2, -0.15) is 0 Å². The molecule has 1 aliphatic rings. The van der Waals surface area contributed by atoms with E-state index in [-0.39, 0.29) is 18.2 Å². The average molecular weight is 292 g/mol. The summed E-state index contributed by atoms with van der Waals surface area (Å²) in [6, 6.07) is 6.99. The maximum atomic E-state index is 12.2. The van der Waals surface area contributed by atoms with Crippen molar-refractivity contribution in [2.75, 3.05) is 11.9 Å². The molecule has 0 radical (unpaired) electrons. The SMILES string of the molecule is CC(C)C(CC(=O)O)NC(=O)C1CNc2ccccc2O1. The van der Waals surface area contributed by atoms with Crippen LogP contribution >= 0.6 is 0 Å². The van der Waals surface area contributed by atoms with Gasteiger partial charge in [0.1, 0.15) is 5.75 Å². The van der Waals surface area contributed by atoms with E-state index in [0.29, 0.717) is 12.3 Å². The van der Waals surface area contributed by atoms with Crippen LogP contribution in [0.25, 0.3) is 0 Å². The number of para-hydroxylation sites is 2. The van der Waals surface area contributed by atoms with Gasteiger partial charge >= 0.3 is 5.97 Å². The molecule has 0 aromatic heterocycles. The van der Waals surface area contributed by atoms with Crippen LogP contribution in [0.1, 0.15) is 20.3 Å². The third-order valence-corrected chi connectivity index (χ3v) is 3.45. The molecule has 2 unspecified atom stereocenters. The van der Waals surface area contributed by atoms with E-state index in [2.05, 4.69) is 10.6 Å². The summed E-state index contributed by atoms with van der Waals surface area (Å²) in [7, 11) is 0.